The Bertz CT molecular complexity index is 478. The molecule has 2 amide bonds. The molecule has 0 atom stereocenters. The lowest BCUT2D eigenvalue weighted by Gasteiger charge is -2.22. The number of hydrogen-bond acceptors (Lipinski definition) is 2. The summed E-state index contributed by atoms with van der Waals surface area (Å²) in [7, 11) is 0. The van der Waals surface area contributed by atoms with Crippen LogP contribution >= 0.6 is 0 Å². The molecule has 0 radical (unpaired) electrons. The first-order valence-corrected chi connectivity index (χ1v) is 7.50. The molecule has 116 valence electrons. The van der Waals surface area contributed by atoms with Crippen molar-refractivity contribution in [2.45, 2.75) is 47.1 Å². The summed E-state index contributed by atoms with van der Waals surface area (Å²) in [4.78, 5) is 24.3. The summed E-state index contributed by atoms with van der Waals surface area (Å²) in [6.45, 7) is 8.43. The van der Waals surface area contributed by atoms with Crippen LogP contribution in [0.5, 0.6) is 0 Å². The maximum absolute atomic E-state index is 12.2. The summed E-state index contributed by atoms with van der Waals surface area (Å²) in [6, 6.07) is 7.96. The molecule has 0 saturated heterocycles. The molecule has 1 aromatic carbocycles. The number of hydrogen-bond donors (Lipinski definition) is 2. The van der Waals surface area contributed by atoms with E-state index in [1.54, 1.807) is 13.8 Å². The fourth-order valence-electron chi connectivity index (χ4n) is 1.81. The molecule has 0 aliphatic carbocycles. The predicted molar refractivity (Wildman–Crippen MR) is 84.7 cm³/mol. The van der Waals surface area contributed by atoms with Crippen molar-refractivity contribution in [1.29, 1.82) is 0 Å². The molecule has 4 heteroatoms. The van der Waals surface area contributed by atoms with Crippen LogP contribution in [0.2, 0.25) is 0 Å². The van der Waals surface area contributed by atoms with Gasteiger partial charge in [-0.1, -0.05) is 43.2 Å². The van der Waals surface area contributed by atoms with Crippen LogP contribution in [-0.4, -0.2) is 18.4 Å². The van der Waals surface area contributed by atoms with Gasteiger partial charge in [0.05, 0.1) is 0 Å². The lowest BCUT2D eigenvalue weighted by atomic mass is 9.91. The highest BCUT2D eigenvalue weighted by atomic mass is 16.2. The normalized spacial score (nSPS) is 11.0. The summed E-state index contributed by atoms with van der Waals surface area (Å²) in [5, 5.41) is 5.64. The Kier molecular flexibility index (Phi) is 6.40. The van der Waals surface area contributed by atoms with Crippen LogP contribution in [0.4, 0.5) is 0 Å². The molecule has 0 saturated carbocycles. The number of unbranched alkanes of at least 4 members (excludes halogenated alkanes) is 1. The minimum atomic E-state index is -1.06. The van der Waals surface area contributed by atoms with E-state index < -0.39 is 5.41 Å². The SMILES string of the molecule is CCCCNC(=O)C(C)(C)C(=O)NCc1ccc(C)cc1. The van der Waals surface area contributed by atoms with Gasteiger partial charge in [0.25, 0.3) is 0 Å². The van der Waals surface area contributed by atoms with Crippen LogP contribution in [-0.2, 0) is 16.1 Å². The maximum Gasteiger partial charge on any atom is 0.235 e. The van der Waals surface area contributed by atoms with Crippen LogP contribution in [0.1, 0.15) is 44.7 Å². The zero-order valence-corrected chi connectivity index (χ0v) is 13.5. The van der Waals surface area contributed by atoms with E-state index in [2.05, 4.69) is 17.6 Å². The first-order chi connectivity index (χ1) is 9.87. The largest absolute Gasteiger partial charge is 0.355 e. The van der Waals surface area contributed by atoms with E-state index >= 15 is 0 Å². The van der Waals surface area contributed by atoms with Crippen LogP contribution < -0.4 is 10.6 Å². The van der Waals surface area contributed by atoms with Gasteiger partial charge >= 0.3 is 0 Å². The van der Waals surface area contributed by atoms with E-state index in [1.807, 2.05) is 31.2 Å². The van der Waals surface area contributed by atoms with Gasteiger partial charge in [-0.15, -0.1) is 0 Å². The smallest absolute Gasteiger partial charge is 0.235 e. The Balaban J connectivity index is 2.52. The number of benzene rings is 1. The number of rotatable bonds is 7. The van der Waals surface area contributed by atoms with Gasteiger partial charge in [-0.3, -0.25) is 9.59 Å². The fraction of sp³-hybridized carbons (Fsp3) is 0.529. The van der Waals surface area contributed by atoms with Gasteiger partial charge in [0.15, 0.2) is 0 Å². The molecule has 0 heterocycles. The first kappa shape index (κ1) is 17.2. The van der Waals surface area contributed by atoms with Crippen molar-refractivity contribution in [3.8, 4) is 0 Å². The molecule has 1 aromatic rings. The highest BCUT2D eigenvalue weighted by molar-refractivity contribution is 6.04. The third-order valence-electron chi connectivity index (χ3n) is 3.52. The molecule has 0 unspecified atom stereocenters. The van der Waals surface area contributed by atoms with Gasteiger partial charge in [-0.2, -0.15) is 0 Å². The van der Waals surface area contributed by atoms with Crippen molar-refractivity contribution in [3.05, 3.63) is 35.4 Å². The van der Waals surface area contributed by atoms with Gasteiger partial charge in [0, 0.05) is 13.1 Å². The lowest BCUT2D eigenvalue weighted by Crippen LogP contribution is -2.47. The van der Waals surface area contributed by atoms with Crippen molar-refractivity contribution in [2.75, 3.05) is 6.54 Å². The molecule has 0 spiro atoms. The second kappa shape index (κ2) is 7.81. The summed E-state index contributed by atoms with van der Waals surface area (Å²) in [5.74, 6) is -0.477. The van der Waals surface area contributed by atoms with Crippen molar-refractivity contribution >= 4 is 11.8 Å². The second-order valence-electron chi connectivity index (χ2n) is 5.90. The van der Waals surface area contributed by atoms with E-state index in [4.69, 9.17) is 0 Å². The molecular formula is C17H26N2O2. The van der Waals surface area contributed by atoms with Crippen LogP contribution in [0.3, 0.4) is 0 Å². The highest BCUT2D eigenvalue weighted by Gasteiger charge is 2.35. The van der Waals surface area contributed by atoms with E-state index in [0.717, 1.165) is 18.4 Å². The maximum atomic E-state index is 12.2. The van der Waals surface area contributed by atoms with Crippen LogP contribution in [0.25, 0.3) is 0 Å². The van der Waals surface area contributed by atoms with E-state index in [0.29, 0.717) is 13.1 Å². The third kappa shape index (κ3) is 5.21. The van der Waals surface area contributed by atoms with Gasteiger partial charge in [-0.25, -0.2) is 0 Å². The number of nitrogens with one attached hydrogen (secondary N) is 2. The molecule has 21 heavy (non-hydrogen) atoms. The van der Waals surface area contributed by atoms with Gasteiger partial charge in [0.1, 0.15) is 5.41 Å². The average molecular weight is 290 g/mol. The van der Waals surface area contributed by atoms with Crippen molar-refractivity contribution < 1.29 is 9.59 Å². The Morgan fingerprint density at radius 2 is 1.62 bits per heavy atom. The topological polar surface area (TPSA) is 58.2 Å². The molecule has 4 nitrogen and oxygen atoms in total. The minimum Gasteiger partial charge on any atom is -0.355 e. The number of amides is 2. The Morgan fingerprint density at radius 1 is 1.05 bits per heavy atom. The first-order valence-electron chi connectivity index (χ1n) is 7.50. The minimum absolute atomic E-state index is 0.225. The summed E-state index contributed by atoms with van der Waals surface area (Å²) in [5.41, 5.74) is 1.15. The number of carbonyl (C=O) groups is 2. The van der Waals surface area contributed by atoms with Crippen molar-refractivity contribution in [2.24, 2.45) is 5.41 Å². The van der Waals surface area contributed by atoms with E-state index in [-0.39, 0.29) is 11.8 Å². The Labute approximate surface area is 127 Å². The van der Waals surface area contributed by atoms with Crippen molar-refractivity contribution in [3.63, 3.8) is 0 Å². The monoisotopic (exact) mass is 290 g/mol. The van der Waals surface area contributed by atoms with Crippen LogP contribution in [0, 0.1) is 12.3 Å². The molecule has 0 aromatic heterocycles. The number of carbonyl (C=O) groups excluding carboxylic acids is 2. The van der Waals surface area contributed by atoms with E-state index in [9.17, 15) is 9.59 Å². The molecule has 1 rings (SSSR count). The summed E-state index contributed by atoms with van der Waals surface area (Å²) >= 11 is 0. The third-order valence-corrected chi connectivity index (χ3v) is 3.52. The predicted octanol–water partition coefficient (Wildman–Crippen LogP) is 2.55. The molecule has 0 fully saturated rings. The molecular weight excluding hydrogens is 264 g/mol. The van der Waals surface area contributed by atoms with Crippen molar-refractivity contribution in [1.82, 2.24) is 10.6 Å². The number of aryl methyl sites for hydroxylation is 1. The summed E-state index contributed by atoms with van der Waals surface area (Å²) < 4.78 is 0. The Hall–Kier alpha value is -1.84. The molecule has 0 bridgehead atoms. The molecule has 2 N–H and O–H groups in total. The zero-order valence-electron chi connectivity index (χ0n) is 13.5. The average Bonchev–Trinajstić information content (AvgIpc) is 2.46. The second-order valence-corrected chi connectivity index (χ2v) is 5.90. The molecule has 0 aliphatic rings. The highest BCUT2D eigenvalue weighted by Crippen LogP contribution is 2.16. The standard InChI is InChI=1S/C17H26N2O2/c1-5-6-11-18-15(20)17(3,4)16(21)19-12-14-9-7-13(2)8-10-14/h7-10H,5-6,11-12H2,1-4H3,(H,18,20)(H,19,21). The van der Waals surface area contributed by atoms with Gasteiger partial charge < -0.3 is 10.6 Å². The molecule has 0 aliphatic heterocycles. The van der Waals surface area contributed by atoms with Gasteiger partial charge in [-0.05, 0) is 32.8 Å². The Morgan fingerprint density at radius 3 is 2.19 bits per heavy atom. The zero-order chi connectivity index (χ0) is 15.9. The van der Waals surface area contributed by atoms with E-state index in [1.165, 1.54) is 5.56 Å². The fourth-order valence-corrected chi connectivity index (χ4v) is 1.81. The summed E-state index contributed by atoms with van der Waals surface area (Å²) in [6.07, 6.45) is 1.94. The van der Waals surface area contributed by atoms with Crippen LogP contribution in [0.15, 0.2) is 24.3 Å². The lowest BCUT2D eigenvalue weighted by molar-refractivity contribution is -0.141. The van der Waals surface area contributed by atoms with Gasteiger partial charge in [0.2, 0.25) is 11.8 Å². The quantitative estimate of drug-likeness (QED) is 0.599.